The molecule has 2 aliphatic rings. The average molecular weight is 601 g/mol. The molecular weight excluding hydrogens is 552 g/mol. The summed E-state index contributed by atoms with van der Waals surface area (Å²) in [7, 11) is 0. The van der Waals surface area contributed by atoms with Gasteiger partial charge in [0.05, 0.1) is 0 Å². The first kappa shape index (κ1) is 30.8. The van der Waals surface area contributed by atoms with Gasteiger partial charge >= 0.3 is 0 Å². The molecule has 4 heteroatoms. The SMILES string of the molecule is C=CCC1CCC(CCC2CCC(c3ccc(Oc4ccc(N)cc4)cc3)(c3ccc(Oc4ccc(N)cc4)cc3)CC2)CC1. The van der Waals surface area contributed by atoms with E-state index in [1.165, 1.54) is 68.9 Å². The summed E-state index contributed by atoms with van der Waals surface area (Å²) in [4.78, 5) is 0. The molecule has 0 spiro atoms. The Hall–Kier alpha value is -4.18. The highest BCUT2D eigenvalue weighted by Gasteiger charge is 2.38. The van der Waals surface area contributed by atoms with Gasteiger partial charge in [0.1, 0.15) is 23.0 Å². The highest BCUT2D eigenvalue weighted by atomic mass is 16.5. The molecule has 0 aromatic heterocycles. The van der Waals surface area contributed by atoms with Crippen LogP contribution >= 0.6 is 0 Å². The highest BCUT2D eigenvalue weighted by Crippen LogP contribution is 2.49. The summed E-state index contributed by atoms with van der Waals surface area (Å²) < 4.78 is 12.3. The molecule has 45 heavy (non-hydrogen) atoms. The molecule has 4 aromatic carbocycles. The summed E-state index contributed by atoms with van der Waals surface area (Å²) in [5.74, 6) is 5.85. The van der Waals surface area contributed by atoms with Crippen molar-refractivity contribution in [1.29, 1.82) is 0 Å². The zero-order valence-corrected chi connectivity index (χ0v) is 26.5. The molecule has 4 N–H and O–H groups in total. The normalized spacial score (nSPS) is 19.9. The predicted molar refractivity (Wildman–Crippen MR) is 187 cm³/mol. The second-order valence-corrected chi connectivity index (χ2v) is 13.4. The first-order valence-corrected chi connectivity index (χ1v) is 16.9. The molecule has 234 valence electrons. The molecule has 0 saturated heterocycles. The molecule has 0 atom stereocenters. The summed E-state index contributed by atoms with van der Waals surface area (Å²) in [5.41, 5.74) is 15.9. The largest absolute Gasteiger partial charge is 0.457 e. The van der Waals surface area contributed by atoms with Crippen molar-refractivity contribution in [2.24, 2.45) is 17.8 Å². The summed E-state index contributed by atoms with van der Waals surface area (Å²) >= 11 is 0. The third kappa shape index (κ3) is 7.73. The Kier molecular flexibility index (Phi) is 9.78. The van der Waals surface area contributed by atoms with Gasteiger partial charge < -0.3 is 20.9 Å². The maximum Gasteiger partial charge on any atom is 0.127 e. The fourth-order valence-corrected chi connectivity index (χ4v) is 7.69. The lowest BCUT2D eigenvalue weighted by Crippen LogP contribution is -2.33. The molecule has 0 heterocycles. The maximum atomic E-state index is 6.14. The van der Waals surface area contributed by atoms with Crippen molar-refractivity contribution in [3.05, 3.63) is 121 Å². The molecule has 0 aliphatic heterocycles. The van der Waals surface area contributed by atoms with Crippen LogP contribution in [0.5, 0.6) is 23.0 Å². The van der Waals surface area contributed by atoms with Crippen molar-refractivity contribution >= 4 is 11.4 Å². The third-order valence-corrected chi connectivity index (χ3v) is 10.5. The Bertz CT molecular complexity index is 1400. The van der Waals surface area contributed by atoms with Crippen molar-refractivity contribution in [1.82, 2.24) is 0 Å². The summed E-state index contributed by atoms with van der Waals surface area (Å²) in [5, 5.41) is 0. The second kappa shape index (κ2) is 14.3. The minimum atomic E-state index is -0.0291. The van der Waals surface area contributed by atoms with Crippen molar-refractivity contribution in [3.63, 3.8) is 0 Å². The van der Waals surface area contributed by atoms with Crippen LogP contribution in [0.25, 0.3) is 0 Å². The van der Waals surface area contributed by atoms with E-state index in [1.807, 2.05) is 48.5 Å². The van der Waals surface area contributed by atoms with Crippen molar-refractivity contribution in [2.45, 2.75) is 76.0 Å². The van der Waals surface area contributed by atoms with Gasteiger partial charge in [0, 0.05) is 16.8 Å². The van der Waals surface area contributed by atoms with E-state index in [2.05, 4.69) is 61.2 Å². The average Bonchev–Trinajstić information content (AvgIpc) is 3.08. The summed E-state index contributed by atoms with van der Waals surface area (Å²) in [6, 6.07) is 32.6. The molecule has 4 nitrogen and oxygen atoms in total. The third-order valence-electron chi connectivity index (χ3n) is 10.5. The van der Waals surface area contributed by atoms with Gasteiger partial charge in [-0.2, -0.15) is 0 Å². The Labute approximate surface area is 269 Å². The van der Waals surface area contributed by atoms with Crippen LogP contribution < -0.4 is 20.9 Å². The highest BCUT2D eigenvalue weighted by molar-refractivity contribution is 5.47. The van der Waals surface area contributed by atoms with E-state index in [1.54, 1.807) is 0 Å². The Morgan fingerprint density at radius 3 is 1.29 bits per heavy atom. The number of nitrogen functional groups attached to an aromatic ring is 2. The van der Waals surface area contributed by atoms with Gasteiger partial charge in [0.15, 0.2) is 0 Å². The fourth-order valence-electron chi connectivity index (χ4n) is 7.69. The van der Waals surface area contributed by atoms with Crippen LogP contribution in [-0.2, 0) is 5.41 Å². The molecule has 0 amide bonds. The van der Waals surface area contributed by atoms with Crippen LogP contribution in [0.3, 0.4) is 0 Å². The molecule has 0 radical (unpaired) electrons. The summed E-state index contributed by atoms with van der Waals surface area (Å²) in [6.07, 6.45) is 16.5. The first-order valence-electron chi connectivity index (χ1n) is 16.9. The standard InChI is InChI=1S/C41H48N2O2/c1-2-3-30-4-6-31(7-5-30)8-9-32-26-28-41(29-27-32,33-10-18-37(19-11-33)44-39-22-14-35(42)15-23-39)34-12-20-38(21-13-34)45-40-24-16-36(43)17-25-40/h2,10-25,30-32H,1,3-9,26-29,42-43H2. The van der Waals surface area contributed by atoms with E-state index in [-0.39, 0.29) is 5.41 Å². The van der Waals surface area contributed by atoms with Gasteiger partial charge in [-0.05, 0) is 147 Å². The van der Waals surface area contributed by atoms with Crippen molar-refractivity contribution in [3.8, 4) is 23.0 Å². The first-order chi connectivity index (χ1) is 22.0. The number of hydrogen-bond acceptors (Lipinski definition) is 4. The van der Waals surface area contributed by atoms with Crippen LogP contribution in [0.2, 0.25) is 0 Å². The van der Waals surface area contributed by atoms with Crippen LogP contribution in [0.1, 0.15) is 81.8 Å². The molecular formula is C41H48N2O2. The van der Waals surface area contributed by atoms with E-state index in [0.29, 0.717) is 0 Å². The number of ether oxygens (including phenoxy) is 2. The lowest BCUT2D eigenvalue weighted by atomic mass is 9.62. The monoisotopic (exact) mass is 600 g/mol. The van der Waals surface area contributed by atoms with Crippen molar-refractivity contribution < 1.29 is 9.47 Å². The van der Waals surface area contributed by atoms with Crippen LogP contribution in [0, 0.1) is 17.8 Å². The van der Waals surface area contributed by atoms with Crippen LogP contribution in [-0.4, -0.2) is 0 Å². The summed E-state index contributed by atoms with van der Waals surface area (Å²) in [6.45, 7) is 3.95. The van der Waals surface area contributed by atoms with Gasteiger partial charge in [-0.1, -0.05) is 56.0 Å². The fraction of sp³-hybridized carbons (Fsp3) is 0.366. The van der Waals surface area contributed by atoms with Gasteiger partial charge in [0.2, 0.25) is 0 Å². The number of hydrogen-bond donors (Lipinski definition) is 2. The maximum absolute atomic E-state index is 6.14. The van der Waals surface area contributed by atoms with Crippen LogP contribution in [0.15, 0.2) is 110 Å². The second-order valence-electron chi connectivity index (χ2n) is 13.4. The van der Waals surface area contributed by atoms with E-state index in [4.69, 9.17) is 20.9 Å². The number of anilines is 2. The van der Waals surface area contributed by atoms with Gasteiger partial charge in [-0.3, -0.25) is 0 Å². The number of nitrogens with two attached hydrogens (primary N) is 2. The Balaban J connectivity index is 1.16. The smallest absolute Gasteiger partial charge is 0.127 e. The number of rotatable bonds is 11. The lowest BCUT2D eigenvalue weighted by molar-refractivity contribution is 0.214. The minimum Gasteiger partial charge on any atom is -0.457 e. The quantitative estimate of drug-likeness (QED) is 0.133. The van der Waals surface area contributed by atoms with E-state index < -0.39 is 0 Å². The molecule has 4 aromatic rings. The van der Waals surface area contributed by atoms with E-state index in [9.17, 15) is 0 Å². The molecule has 2 fully saturated rings. The minimum absolute atomic E-state index is 0.0291. The van der Waals surface area contributed by atoms with Gasteiger partial charge in [0.25, 0.3) is 0 Å². The molecule has 0 unspecified atom stereocenters. The van der Waals surface area contributed by atoms with Crippen LogP contribution in [0.4, 0.5) is 11.4 Å². The van der Waals surface area contributed by atoms with Gasteiger partial charge in [-0.15, -0.1) is 6.58 Å². The number of allylic oxidation sites excluding steroid dienone is 1. The van der Waals surface area contributed by atoms with Crippen molar-refractivity contribution in [2.75, 3.05) is 11.5 Å². The molecule has 6 rings (SSSR count). The topological polar surface area (TPSA) is 70.5 Å². The van der Waals surface area contributed by atoms with E-state index >= 15 is 0 Å². The molecule has 2 aliphatic carbocycles. The molecule has 2 saturated carbocycles. The molecule has 0 bridgehead atoms. The Morgan fingerprint density at radius 1 is 0.533 bits per heavy atom. The van der Waals surface area contributed by atoms with E-state index in [0.717, 1.165) is 65.0 Å². The Morgan fingerprint density at radius 2 is 0.889 bits per heavy atom. The number of benzene rings is 4. The zero-order chi connectivity index (χ0) is 31.1. The van der Waals surface area contributed by atoms with Gasteiger partial charge in [-0.25, -0.2) is 0 Å². The zero-order valence-electron chi connectivity index (χ0n) is 26.5. The lowest BCUT2D eigenvalue weighted by Gasteiger charge is -2.42. The predicted octanol–water partition coefficient (Wildman–Crippen LogP) is 11.1.